The van der Waals surface area contributed by atoms with Crippen LogP contribution in [-0.4, -0.2) is 26.5 Å². The first-order valence-electron chi connectivity index (χ1n) is 6.09. The maximum Gasteiger partial charge on any atom is 0.185 e. The van der Waals surface area contributed by atoms with E-state index in [4.69, 9.17) is 4.42 Å². The van der Waals surface area contributed by atoms with Gasteiger partial charge in [-0.2, -0.15) is 0 Å². The molecule has 0 aliphatic rings. The summed E-state index contributed by atoms with van der Waals surface area (Å²) in [6.07, 6.45) is 2.23. The van der Waals surface area contributed by atoms with Crippen LogP contribution in [0.2, 0.25) is 0 Å². The van der Waals surface area contributed by atoms with E-state index in [2.05, 4.69) is 15.5 Å². The van der Waals surface area contributed by atoms with Gasteiger partial charge in [0, 0.05) is 5.56 Å². The predicted molar refractivity (Wildman–Crippen MR) is 71.7 cm³/mol. The molecule has 0 atom stereocenters. The lowest BCUT2D eigenvalue weighted by atomic mass is 10.0. The average Bonchev–Trinajstić information content (AvgIpc) is 3.11. The number of rotatable bonds is 3. The van der Waals surface area contributed by atoms with Crippen LogP contribution in [-0.2, 0) is 0 Å². The van der Waals surface area contributed by atoms with Gasteiger partial charge in [0.1, 0.15) is 12.1 Å². The van der Waals surface area contributed by atoms with Crippen LogP contribution >= 0.6 is 0 Å². The molecule has 0 aliphatic carbocycles. The lowest BCUT2D eigenvalue weighted by Gasteiger charge is -2.09. The highest BCUT2D eigenvalue weighted by molar-refractivity contribution is 5.74. The lowest BCUT2D eigenvalue weighted by molar-refractivity contribution is 0.110. The molecular formula is C14H12N4O2. The van der Waals surface area contributed by atoms with Gasteiger partial charge in [0.25, 0.3) is 0 Å². The molecule has 2 heterocycles. The third-order valence-corrected chi connectivity index (χ3v) is 3.27. The molecule has 20 heavy (non-hydrogen) atoms. The summed E-state index contributed by atoms with van der Waals surface area (Å²) >= 11 is 0. The smallest absolute Gasteiger partial charge is 0.185 e. The Morgan fingerprint density at radius 1 is 1.25 bits per heavy atom. The first kappa shape index (κ1) is 12.3. The van der Waals surface area contributed by atoms with Gasteiger partial charge in [0.05, 0.1) is 5.69 Å². The van der Waals surface area contributed by atoms with Gasteiger partial charge in [-0.15, -0.1) is 5.10 Å². The van der Waals surface area contributed by atoms with Crippen molar-refractivity contribution in [2.75, 3.05) is 0 Å². The molecule has 0 saturated carbocycles. The van der Waals surface area contributed by atoms with Crippen molar-refractivity contribution in [1.82, 2.24) is 20.2 Å². The highest BCUT2D eigenvalue weighted by Crippen LogP contribution is 2.29. The Morgan fingerprint density at radius 2 is 2.10 bits per heavy atom. The maximum atomic E-state index is 10.7. The molecule has 3 rings (SSSR count). The van der Waals surface area contributed by atoms with Gasteiger partial charge >= 0.3 is 0 Å². The Balaban J connectivity index is 2.17. The van der Waals surface area contributed by atoms with Crippen molar-refractivity contribution in [2.45, 2.75) is 13.8 Å². The minimum absolute atomic E-state index is 0.310. The number of furan rings is 1. The van der Waals surface area contributed by atoms with Crippen LogP contribution in [0.5, 0.6) is 0 Å². The summed E-state index contributed by atoms with van der Waals surface area (Å²) in [4.78, 5) is 10.7. The number of hydrogen-bond donors (Lipinski definition) is 0. The number of aryl methyl sites for hydroxylation is 1. The zero-order valence-corrected chi connectivity index (χ0v) is 11.1. The van der Waals surface area contributed by atoms with E-state index in [1.54, 1.807) is 16.8 Å². The van der Waals surface area contributed by atoms with Crippen molar-refractivity contribution in [3.63, 3.8) is 0 Å². The molecule has 0 N–H and O–H groups in total. The van der Waals surface area contributed by atoms with E-state index in [0.717, 1.165) is 22.4 Å². The Kier molecular flexibility index (Phi) is 2.90. The van der Waals surface area contributed by atoms with Gasteiger partial charge in [-0.25, -0.2) is 4.68 Å². The molecular weight excluding hydrogens is 256 g/mol. The number of nitrogens with zero attached hydrogens (tertiary/aromatic N) is 4. The van der Waals surface area contributed by atoms with Crippen LogP contribution in [0.4, 0.5) is 0 Å². The Hall–Kier alpha value is -2.76. The van der Waals surface area contributed by atoms with Crippen molar-refractivity contribution < 1.29 is 9.21 Å². The zero-order valence-electron chi connectivity index (χ0n) is 11.1. The first-order chi connectivity index (χ1) is 9.69. The fourth-order valence-corrected chi connectivity index (χ4v) is 2.07. The standard InChI is InChI=1S/C14H12N4O2/c1-9-5-11(18-8-15-16-17-18)6-13(10(9)2)14-4-3-12(7-19)20-14/h3-8H,1-2H3. The largest absolute Gasteiger partial charge is 0.453 e. The van der Waals surface area contributed by atoms with E-state index >= 15 is 0 Å². The average molecular weight is 268 g/mol. The van der Waals surface area contributed by atoms with Crippen LogP contribution < -0.4 is 0 Å². The van der Waals surface area contributed by atoms with Crippen LogP contribution in [0.3, 0.4) is 0 Å². The Morgan fingerprint density at radius 3 is 2.75 bits per heavy atom. The Labute approximate surface area is 115 Å². The highest BCUT2D eigenvalue weighted by atomic mass is 16.3. The van der Waals surface area contributed by atoms with Crippen LogP contribution in [0.25, 0.3) is 17.0 Å². The van der Waals surface area contributed by atoms with E-state index in [0.29, 0.717) is 17.8 Å². The van der Waals surface area contributed by atoms with Gasteiger partial charge in [0.2, 0.25) is 0 Å². The lowest BCUT2D eigenvalue weighted by Crippen LogP contribution is -1.98. The topological polar surface area (TPSA) is 73.8 Å². The van der Waals surface area contributed by atoms with Gasteiger partial charge < -0.3 is 4.42 Å². The number of benzene rings is 1. The summed E-state index contributed by atoms with van der Waals surface area (Å²) in [6.45, 7) is 4.02. The molecule has 0 spiro atoms. The number of aldehydes is 1. The van der Waals surface area contributed by atoms with Crippen molar-refractivity contribution in [1.29, 1.82) is 0 Å². The van der Waals surface area contributed by atoms with E-state index in [-0.39, 0.29) is 0 Å². The number of tetrazole rings is 1. The molecule has 0 saturated heterocycles. The molecule has 6 heteroatoms. The van der Waals surface area contributed by atoms with Gasteiger partial charge in [-0.3, -0.25) is 4.79 Å². The molecule has 6 nitrogen and oxygen atoms in total. The molecule has 0 fully saturated rings. The van der Waals surface area contributed by atoms with E-state index in [9.17, 15) is 4.79 Å². The molecule has 2 aromatic heterocycles. The minimum atomic E-state index is 0.310. The van der Waals surface area contributed by atoms with E-state index in [1.807, 2.05) is 26.0 Å². The molecule has 3 aromatic rings. The molecule has 0 aliphatic heterocycles. The maximum absolute atomic E-state index is 10.7. The Bertz CT molecular complexity index is 760. The zero-order chi connectivity index (χ0) is 14.1. The molecule has 0 bridgehead atoms. The second kappa shape index (κ2) is 4.73. The number of carbonyl (C=O) groups is 1. The third kappa shape index (κ3) is 2.01. The van der Waals surface area contributed by atoms with Crippen LogP contribution in [0, 0.1) is 13.8 Å². The summed E-state index contributed by atoms with van der Waals surface area (Å²) in [5.74, 6) is 0.965. The summed E-state index contributed by atoms with van der Waals surface area (Å²) in [6, 6.07) is 7.38. The van der Waals surface area contributed by atoms with Gasteiger partial charge in [-0.1, -0.05) is 0 Å². The number of hydrogen-bond acceptors (Lipinski definition) is 5. The monoisotopic (exact) mass is 268 g/mol. The normalized spacial score (nSPS) is 10.7. The van der Waals surface area contributed by atoms with E-state index in [1.165, 1.54) is 6.33 Å². The van der Waals surface area contributed by atoms with Gasteiger partial charge in [0.15, 0.2) is 12.0 Å². The van der Waals surface area contributed by atoms with Crippen molar-refractivity contribution in [2.24, 2.45) is 0 Å². The molecule has 0 unspecified atom stereocenters. The van der Waals surface area contributed by atoms with Crippen molar-refractivity contribution in [3.05, 3.63) is 47.5 Å². The van der Waals surface area contributed by atoms with Crippen molar-refractivity contribution in [3.8, 4) is 17.0 Å². The predicted octanol–water partition coefficient (Wildman–Crippen LogP) is 2.35. The third-order valence-electron chi connectivity index (χ3n) is 3.27. The van der Waals surface area contributed by atoms with Crippen LogP contribution in [0.15, 0.2) is 35.0 Å². The number of carbonyl (C=O) groups excluding carboxylic acids is 1. The molecule has 100 valence electrons. The summed E-state index contributed by atoms with van der Waals surface area (Å²) in [7, 11) is 0. The first-order valence-corrected chi connectivity index (χ1v) is 6.09. The fourth-order valence-electron chi connectivity index (χ4n) is 2.07. The summed E-state index contributed by atoms with van der Waals surface area (Å²) < 4.78 is 7.08. The second-order valence-electron chi connectivity index (χ2n) is 4.51. The quantitative estimate of drug-likeness (QED) is 0.682. The molecule has 1 aromatic carbocycles. The minimum Gasteiger partial charge on any atom is -0.453 e. The fraction of sp³-hybridized carbons (Fsp3) is 0.143. The van der Waals surface area contributed by atoms with E-state index < -0.39 is 0 Å². The molecule has 0 amide bonds. The highest BCUT2D eigenvalue weighted by Gasteiger charge is 2.12. The summed E-state index contributed by atoms with van der Waals surface area (Å²) in [5, 5.41) is 11.1. The molecule has 0 radical (unpaired) electrons. The number of aromatic nitrogens is 4. The SMILES string of the molecule is Cc1cc(-n2cnnn2)cc(-c2ccc(C=O)o2)c1C. The van der Waals surface area contributed by atoms with Gasteiger partial charge in [-0.05, 0) is 59.7 Å². The second-order valence-corrected chi connectivity index (χ2v) is 4.51. The van der Waals surface area contributed by atoms with Crippen LogP contribution in [0.1, 0.15) is 21.7 Å². The van der Waals surface area contributed by atoms with Crippen molar-refractivity contribution >= 4 is 6.29 Å². The summed E-state index contributed by atoms with van der Waals surface area (Å²) in [5.41, 5.74) is 3.95.